The Labute approximate surface area is 175 Å². The number of aryl methyl sites for hydroxylation is 1. The molecule has 1 N–H and O–H groups in total. The van der Waals surface area contributed by atoms with Gasteiger partial charge in [0, 0.05) is 42.4 Å². The lowest BCUT2D eigenvalue weighted by Crippen LogP contribution is -2.14. The number of imidazole rings is 1. The Morgan fingerprint density at radius 3 is 2.28 bits per heavy atom. The second kappa shape index (κ2) is 9.03. The molecule has 4 rings (SSSR count). The molecule has 7 heteroatoms. The molecule has 2 aromatic carbocycles. The standard InChI is InChI=1S/C22H22FN5.ClH/c1-16-22(17(2)28(26-16)21-9-5-19(23)6-10-21)14-25-13-18-3-7-20(8-4-18)27-12-11-24-15-27;/h3-12,15,25H,13-14H2,1-2H3;1H. The first-order valence-corrected chi connectivity index (χ1v) is 9.21. The van der Waals surface area contributed by atoms with E-state index in [1.807, 2.05) is 29.3 Å². The third-order valence-corrected chi connectivity index (χ3v) is 4.88. The van der Waals surface area contributed by atoms with Crippen LogP contribution in [0.3, 0.4) is 0 Å². The Balaban J connectivity index is 0.00000240. The Morgan fingerprint density at radius 2 is 1.62 bits per heavy atom. The second-order valence-corrected chi connectivity index (χ2v) is 6.78. The van der Waals surface area contributed by atoms with Gasteiger partial charge >= 0.3 is 0 Å². The molecular formula is C22H23ClFN5. The van der Waals surface area contributed by atoms with Gasteiger partial charge < -0.3 is 9.88 Å². The summed E-state index contributed by atoms with van der Waals surface area (Å²) in [4.78, 5) is 4.07. The van der Waals surface area contributed by atoms with Crippen molar-refractivity contribution in [3.8, 4) is 11.4 Å². The highest BCUT2D eigenvalue weighted by molar-refractivity contribution is 5.85. The van der Waals surface area contributed by atoms with Gasteiger partial charge in [-0.25, -0.2) is 14.1 Å². The molecular weight excluding hydrogens is 389 g/mol. The van der Waals surface area contributed by atoms with Crippen molar-refractivity contribution in [3.63, 3.8) is 0 Å². The average Bonchev–Trinajstić information content (AvgIpc) is 3.33. The van der Waals surface area contributed by atoms with Gasteiger partial charge in [0.05, 0.1) is 17.7 Å². The maximum atomic E-state index is 13.2. The average molecular weight is 412 g/mol. The van der Waals surface area contributed by atoms with Gasteiger partial charge in [0.15, 0.2) is 0 Å². The lowest BCUT2D eigenvalue weighted by atomic mass is 10.1. The fourth-order valence-corrected chi connectivity index (χ4v) is 3.29. The molecule has 0 spiro atoms. The van der Waals surface area contributed by atoms with E-state index in [1.54, 1.807) is 24.7 Å². The van der Waals surface area contributed by atoms with Crippen LogP contribution in [0.15, 0.2) is 67.3 Å². The highest BCUT2D eigenvalue weighted by Gasteiger charge is 2.12. The van der Waals surface area contributed by atoms with Gasteiger partial charge in [-0.2, -0.15) is 5.10 Å². The van der Waals surface area contributed by atoms with Crippen LogP contribution >= 0.6 is 12.4 Å². The molecule has 0 aliphatic heterocycles. The molecule has 0 aliphatic carbocycles. The van der Waals surface area contributed by atoms with Crippen molar-refractivity contribution in [3.05, 3.63) is 95.6 Å². The van der Waals surface area contributed by atoms with Crippen LogP contribution in [0.4, 0.5) is 4.39 Å². The third-order valence-electron chi connectivity index (χ3n) is 4.88. The van der Waals surface area contributed by atoms with Gasteiger partial charge in [-0.15, -0.1) is 12.4 Å². The third kappa shape index (κ3) is 4.55. The van der Waals surface area contributed by atoms with Crippen LogP contribution in [0, 0.1) is 19.7 Å². The molecule has 0 saturated carbocycles. The first-order chi connectivity index (χ1) is 13.6. The molecule has 2 heterocycles. The van der Waals surface area contributed by atoms with Crippen molar-refractivity contribution in [1.29, 1.82) is 0 Å². The molecule has 0 saturated heterocycles. The molecule has 0 aliphatic rings. The summed E-state index contributed by atoms with van der Waals surface area (Å²) in [6.07, 6.45) is 5.49. The van der Waals surface area contributed by atoms with E-state index in [-0.39, 0.29) is 18.2 Å². The molecule has 29 heavy (non-hydrogen) atoms. The van der Waals surface area contributed by atoms with Crippen LogP contribution in [-0.2, 0) is 13.1 Å². The van der Waals surface area contributed by atoms with Crippen LogP contribution in [0.25, 0.3) is 11.4 Å². The number of rotatable bonds is 6. The van der Waals surface area contributed by atoms with Crippen molar-refractivity contribution in [1.82, 2.24) is 24.6 Å². The van der Waals surface area contributed by atoms with Crippen molar-refractivity contribution < 1.29 is 4.39 Å². The zero-order valence-electron chi connectivity index (χ0n) is 16.3. The predicted octanol–water partition coefficient (Wildman–Crippen LogP) is 4.53. The van der Waals surface area contributed by atoms with Crippen LogP contribution < -0.4 is 5.32 Å². The van der Waals surface area contributed by atoms with Crippen LogP contribution in [-0.4, -0.2) is 19.3 Å². The number of nitrogens with one attached hydrogen (secondary N) is 1. The lowest BCUT2D eigenvalue weighted by molar-refractivity contribution is 0.627. The molecule has 0 fully saturated rings. The smallest absolute Gasteiger partial charge is 0.123 e. The predicted molar refractivity (Wildman–Crippen MR) is 114 cm³/mol. The summed E-state index contributed by atoms with van der Waals surface area (Å²) >= 11 is 0. The lowest BCUT2D eigenvalue weighted by Gasteiger charge is -2.08. The first-order valence-electron chi connectivity index (χ1n) is 9.21. The SMILES string of the molecule is Cc1nn(-c2ccc(F)cc2)c(C)c1CNCc1ccc(-n2ccnc2)cc1.Cl. The zero-order valence-corrected chi connectivity index (χ0v) is 17.2. The van der Waals surface area contributed by atoms with Gasteiger partial charge in [0.25, 0.3) is 0 Å². The van der Waals surface area contributed by atoms with Crippen molar-refractivity contribution in [2.75, 3.05) is 0 Å². The topological polar surface area (TPSA) is 47.7 Å². The van der Waals surface area contributed by atoms with E-state index >= 15 is 0 Å². The number of nitrogens with zero attached hydrogens (tertiary/aromatic N) is 4. The Hall–Kier alpha value is -2.96. The fraction of sp³-hybridized carbons (Fsp3) is 0.182. The van der Waals surface area contributed by atoms with E-state index in [0.29, 0.717) is 0 Å². The van der Waals surface area contributed by atoms with E-state index in [0.717, 1.165) is 35.9 Å². The minimum absolute atomic E-state index is 0. The largest absolute Gasteiger partial charge is 0.308 e. The summed E-state index contributed by atoms with van der Waals surface area (Å²) in [7, 11) is 0. The van der Waals surface area contributed by atoms with Crippen molar-refractivity contribution in [2.45, 2.75) is 26.9 Å². The molecule has 5 nitrogen and oxygen atoms in total. The maximum Gasteiger partial charge on any atom is 0.123 e. The van der Waals surface area contributed by atoms with Crippen LogP contribution in [0.2, 0.25) is 0 Å². The van der Waals surface area contributed by atoms with Crippen LogP contribution in [0.5, 0.6) is 0 Å². The Kier molecular flexibility index (Phi) is 6.46. The second-order valence-electron chi connectivity index (χ2n) is 6.78. The van der Waals surface area contributed by atoms with Gasteiger partial charge in [-0.3, -0.25) is 0 Å². The highest BCUT2D eigenvalue weighted by Crippen LogP contribution is 2.18. The molecule has 2 aromatic heterocycles. The number of benzene rings is 2. The molecule has 0 atom stereocenters. The van der Waals surface area contributed by atoms with Crippen molar-refractivity contribution >= 4 is 12.4 Å². The van der Waals surface area contributed by atoms with Gasteiger partial charge in [-0.05, 0) is 55.8 Å². The normalized spacial score (nSPS) is 10.7. The quantitative estimate of drug-likeness (QED) is 0.507. The van der Waals surface area contributed by atoms with E-state index in [4.69, 9.17) is 0 Å². The van der Waals surface area contributed by atoms with Gasteiger partial charge in [0.2, 0.25) is 0 Å². The van der Waals surface area contributed by atoms with Gasteiger partial charge in [-0.1, -0.05) is 12.1 Å². The van der Waals surface area contributed by atoms with E-state index in [9.17, 15) is 4.39 Å². The van der Waals surface area contributed by atoms with Crippen LogP contribution in [0.1, 0.15) is 22.5 Å². The molecule has 0 radical (unpaired) electrons. The first kappa shape index (κ1) is 20.8. The Bertz CT molecular complexity index is 1050. The van der Waals surface area contributed by atoms with Crippen molar-refractivity contribution in [2.24, 2.45) is 0 Å². The number of halogens is 2. The monoisotopic (exact) mass is 411 g/mol. The highest BCUT2D eigenvalue weighted by atomic mass is 35.5. The van der Waals surface area contributed by atoms with E-state index < -0.39 is 0 Å². The zero-order chi connectivity index (χ0) is 19.5. The number of hydrogen-bond donors (Lipinski definition) is 1. The summed E-state index contributed by atoms with van der Waals surface area (Å²) in [5.74, 6) is -0.244. The summed E-state index contributed by atoms with van der Waals surface area (Å²) in [6, 6.07) is 14.8. The number of hydrogen-bond acceptors (Lipinski definition) is 3. The molecule has 150 valence electrons. The summed E-state index contributed by atoms with van der Waals surface area (Å²) in [5.41, 5.74) is 6.37. The molecule has 0 amide bonds. The van der Waals surface area contributed by atoms with E-state index in [2.05, 4.69) is 39.7 Å². The van der Waals surface area contributed by atoms with E-state index in [1.165, 1.54) is 23.3 Å². The Morgan fingerprint density at radius 1 is 0.931 bits per heavy atom. The molecule has 0 bridgehead atoms. The van der Waals surface area contributed by atoms with Gasteiger partial charge in [0.1, 0.15) is 5.82 Å². The summed E-state index contributed by atoms with van der Waals surface area (Å²) < 4.78 is 17.0. The summed E-state index contributed by atoms with van der Waals surface area (Å²) in [5, 5.41) is 8.12. The maximum absolute atomic E-state index is 13.2. The minimum Gasteiger partial charge on any atom is -0.308 e. The summed E-state index contributed by atoms with van der Waals surface area (Å²) in [6.45, 7) is 5.54. The fourth-order valence-electron chi connectivity index (χ4n) is 3.29. The minimum atomic E-state index is -0.244. The molecule has 4 aromatic rings. The number of aromatic nitrogens is 4. The molecule has 0 unspecified atom stereocenters.